The number of hydrogen-bond donors (Lipinski definition) is 2. The van der Waals surface area contributed by atoms with Crippen molar-refractivity contribution in [3.63, 3.8) is 0 Å². The van der Waals surface area contributed by atoms with Crippen molar-refractivity contribution in [3.05, 3.63) is 29.3 Å². The van der Waals surface area contributed by atoms with Crippen molar-refractivity contribution in [2.45, 2.75) is 24.3 Å². The molecule has 0 amide bonds. The number of hydrogen-bond acceptors (Lipinski definition) is 4. The van der Waals surface area contributed by atoms with Crippen LogP contribution in [0.4, 0.5) is 0 Å². The summed E-state index contributed by atoms with van der Waals surface area (Å²) < 4.78 is 27.4. The van der Waals surface area contributed by atoms with Gasteiger partial charge in [-0.05, 0) is 36.8 Å². The highest BCUT2D eigenvalue weighted by Gasteiger charge is 2.24. The van der Waals surface area contributed by atoms with E-state index in [1.54, 1.807) is 36.9 Å². The monoisotopic (exact) mass is 316 g/mol. The van der Waals surface area contributed by atoms with Gasteiger partial charge in [0.15, 0.2) is 0 Å². The quantitative estimate of drug-likeness (QED) is 0.822. The van der Waals surface area contributed by atoms with Gasteiger partial charge >= 0.3 is 0 Å². The van der Waals surface area contributed by atoms with Crippen LogP contribution in [-0.2, 0) is 10.0 Å². The molecule has 1 aromatic rings. The molecule has 1 aromatic carbocycles. The van der Waals surface area contributed by atoms with Crippen LogP contribution in [0.5, 0.6) is 0 Å². The molecule has 0 bridgehead atoms. The molecule has 1 atom stereocenters. The summed E-state index contributed by atoms with van der Waals surface area (Å²) in [4.78, 5) is 0.566. The second-order valence-electron chi connectivity index (χ2n) is 4.53. The molecule has 0 aromatic heterocycles. The summed E-state index contributed by atoms with van der Waals surface area (Å²) in [7, 11) is -3.46. The highest BCUT2D eigenvalue weighted by atomic mass is 32.2. The summed E-state index contributed by atoms with van der Waals surface area (Å²) in [5, 5.41) is 0. The lowest BCUT2D eigenvalue weighted by Gasteiger charge is -2.14. The highest BCUT2D eigenvalue weighted by molar-refractivity contribution is 7.99. The Labute approximate surface area is 123 Å². The van der Waals surface area contributed by atoms with E-state index in [-0.39, 0.29) is 11.0 Å². The maximum absolute atomic E-state index is 12.3. The molecule has 1 unspecified atom stereocenters. The summed E-state index contributed by atoms with van der Waals surface area (Å²) >= 11 is 6.65. The van der Waals surface area contributed by atoms with Crippen molar-refractivity contribution in [2.24, 2.45) is 5.73 Å². The number of aryl methyl sites for hydroxylation is 1. The molecule has 0 spiro atoms. The van der Waals surface area contributed by atoms with Crippen LogP contribution in [0.25, 0.3) is 0 Å². The standard InChI is InChI=1S/C12H16N2O2S3/c1-8-6-9(12(13)17)2-3-11(8)19(15,16)14-10-4-5-18-7-10/h2-3,6,10,14H,4-5,7H2,1H3,(H2,13,17). The predicted octanol–water partition coefficient (Wildman–Crippen LogP) is 1.41. The number of nitrogens with two attached hydrogens (primary N) is 1. The Morgan fingerprint density at radius 3 is 2.79 bits per heavy atom. The SMILES string of the molecule is Cc1cc(C(N)=S)ccc1S(=O)(=O)NC1CCSC1. The highest BCUT2D eigenvalue weighted by Crippen LogP contribution is 2.21. The van der Waals surface area contributed by atoms with Gasteiger partial charge in [0.2, 0.25) is 10.0 Å². The number of nitrogens with one attached hydrogen (secondary N) is 1. The fourth-order valence-electron chi connectivity index (χ4n) is 2.01. The molecule has 1 aliphatic rings. The number of sulfonamides is 1. The summed E-state index contributed by atoms with van der Waals surface area (Å²) in [6, 6.07) is 4.95. The maximum Gasteiger partial charge on any atom is 0.241 e. The van der Waals surface area contributed by atoms with E-state index >= 15 is 0 Å². The molecule has 0 aliphatic carbocycles. The first-order chi connectivity index (χ1) is 8.90. The second-order valence-corrected chi connectivity index (χ2v) is 7.80. The van der Waals surface area contributed by atoms with E-state index in [0.29, 0.717) is 16.0 Å². The minimum Gasteiger partial charge on any atom is -0.389 e. The molecule has 7 heteroatoms. The third kappa shape index (κ3) is 3.47. The van der Waals surface area contributed by atoms with E-state index in [0.717, 1.165) is 17.9 Å². The van der Waals surface area contributed by atoms with Gasteiger partial charge in [0.1, 0.15) is 4.99 Å². The molecule has 3 N–H and O–H groups in total. The number of rotatable bonds is 4. The Balaban J connectivity index is 2.27. The van der Waals surface area contributed by atoms with Crippen molar-refractivity contribution in [2.75, 3.05) is 11.5 Å². The van der Waals surface area contributed by atoms with Crippen LogP contribution in [0.2, 0.25) is 0 Å². The second kappa shape index (κ2) is 5.78. The smallest absolute Gasteiger partial charge is 0.241 e. The normalized spacial score (nSPS) is 19.5. The first kappa shape index (κ1) is 14.8. The average molecular weight is 316 g/mol. The van der Waals surface area contributed by atoms with E-state index in [1.807, 2.05) is 0 Å². The molecule has 0 radical (unpaired) electrons. The molecule has 4 nitrogen and oxygen atoms in total. The van der Waals surface area contributed by atoms with Crippen LogP contribution in [0, 0.1) is 6.92 Å². The third-order valence-corrected chi connectivity index (χ3v) is 6.08. The lowest BCUT2D eigenvalue weighted by Crippen LogP contribution is -2.35. The lowest BCUT2D eigenvalue weighted by molar-refractivity contribution is 0.562. The molecule has 1 fully saturated rings. The van der Waals surface area contributed by atoms with Crippen molar-refractivity contribution in [1.82, 2.24) is 4.72 Å². The maximum atomic E-state index is 12.3. The van der Waals surface area contributed by atoms with E-state index in [4.69, 9.17) is 18.0 Å². The number of thioether (sulfide) groups is 1. The van der Waals surface area contributed by atoms with Gasteiger partial charge in [-0.15, -0.1) is 0 Å². The molecule has 2 rings (SSSR count). The van der Waals surface area contributed by atoms with Gasteiger partial charge < -0.3 is 5.73 Å². The number of benzene rings is 1. The molecule has 1 heterocycles. The summed E-state index contributed by atoms with van der Waals surface area (Å²) in [5.74, 6) is 1.84. The van der Waals surface area contributed by atoms with Gasteiger partial charge in [0.05, 0.1) is 4.90 Å². The van der Waals surface area contributed by atoms with E-state index in [2.05, 4.69) is 4.72 Å². The first-order valence-electron chi connectivity index (χ1n) is 5.90. The summed E-state index contributed by atoms with van der Waals surface area (Å²) in [6.07, 6.45) is 0.883. The summed E-state index contributed by atoms with van der Waals surface area (Å²) in [6.45, 7) is 1.75. The van der Waals surface area contributed by atoms with Crippen molar-refractivity contribution in [1.29, 1.82) is 0 Å². The minimum absolute atomic E-state index is 0.0321. The van der Waals surface area contributed by atoms with Crippen LogP contribution < -0.4 is 10.5 Å². The van der Waals surface area contributed by atoms with Gasteiger partial charge in [-0.25, -0.2) is 13.1 Å². The van der Waals surface area contributed by atoms with E-state index < -0.39 is 10.0 Å². The van der Waals surface area contributed by atoms with Crippen LogP contribution in [0.3, 0.4) is 0 Å². The third-order valence-electron chi connectivity index (χ3n) is 3.00. The van der Waals surface area contributed by atoms with Gasteiger partial charge in [0, 0.05) is 17.4 Å². The van der Waals surface area contributed by atoms with Gasteiger partial charge in [-0.3, -0.25) is 0 Å². The van der Waals surface area contributed by atoms with Crippen LogP contribution in [0.1, 0.15) is 17.5 Å². The average Bonchev–Trinajstić information content (AvgIpc) is 2.80. The Hall–Kier alpha value is -0.630. The zero-order valence-corrected chi connectivity index (χ0v) is 13.0. The molecule has 0 saturated carbocycles. The van der Waals surface area contributed by atoms with Gasteiger partial charge in [-0.1, -0.05) is 18.3 Å². The summed E-state index contributed by atoms with van der Waals surface area (Å²) in [5.41, 5.74) is 6.88. The Kier molecular flexibility index (Phi) is 4.50. The minimum atomic E-state index is -3.46. The predicted molar refractivity (Wildman–Crippen MR) is 83.1 cm³/mol. The topological polar surface area (TPSA) is 72.2 Å². The van der Waals surface area contributed by atoms with Crippen molar-refractivity contribution in [3.8, 4) is 0 Å². The molecule has 19 heavy (non-hydrogen) atoms. The van der Waals surface area contributed by atoms with E-state index in [1.165, 1.54) is 0 Å². The largest absolute Gasteiger partial charge is 0.389 e. The van der Waals surface area contributed by atoms with Gasteiger partial charge in [0.25, 0.3) is 0 Å². The lowest BCUT2D eigenvalue weighted by atomic mass is 10.1. The van der Waals surface area contributed by atoms with Crippen LogP contribution in [0.15, 0.2) is 23.1 Å². The zero-order valence-electron chi connectivity index (χ0n) is 10.5. The number of thiocarbonyl (C=S) groups is 1. The molecule has 1 aliphatic heterocycles. The van der Waals surface area contributed by atoms with Crippen LogP contribution in [-0.4, -0.2) is 31.0 Å². The van der Waals surface area contributed by atoms with E-state index in [9.17, 15) is 8.42 Å². The van der Waals surface area contributed by atoms with Gasteiger partial charge in [-0.2, -0.15) is 11.8 Å². The molecule has 1 saturated heterocycles. The van der Waals surface area contributed by atoms with Crippen LogP contribution >= 0.6 is 24.0 Å². The van der Waals surface area contributed by atoms with Crippen molar-refractivity contribution >= 4 is 39.0 Å². The Bertz CT molecular complexity index is 593. The fourth-order valence-corrected chi connectivity index (χ4v) is 4.90. The zero-order chi connectivity index (χ0) is 14.0. The first-order valence-corrected chi connectivity index (χ1v) is 8.95. The molecular formula is C12H16N2O2S3. The molecule has 104 valence electrons. The molecular weight excluding hydrogens is 300 g/mol. The Morgan fingerprint density at radius 2 is 2.26 bits per heavy atom. The fraction of sp³-hybridized carbons (Fsp3) is 0.417. The Morgan fingerprint density at radius 1 is 1.53 bits per heavy atom. The van der Waals surface area contributed by atoms with Crippen molar-refractivity contribution < 1.29 is 8.42 Å².